The molecule has 0 heterocycles. The summed E-state index contributed by atoms with van der Waals surface area (Å²) in [5.41, 5.74) is 3.58. The molecule has 0 atom stereocenters. The topological polar surface area (TPSA) is 52.6 Å². The van der Waals surface area contributed by atoms with E-state index in [-0.39, 0.29) is 6.42 Å². The fourth-order valence-electron chi connectivity index (χ4n) is 1.36. The summed E-state index contributed by atoms with van der Waals surface area (Å²) < 4.78 is 9.12. The maximum Gasteiger partial charge on any atom is 0.320 e. The summed E-state index contributed by atoms with van der Waals surface area (Å²) in [5, 5.41) is 0. The molecule has 0 aromatic heterocycles. The highest BCUT2D eigenvalue weighted by molar-refractivity contribution is 5.95. The number of carbonyl (C=O) groups excluding carboxylic acids is 2. The van der Waals surface area contributed by atoms with Crippen molar-refractivity contribution in [1.29, 1.82) is 0 Å². The maximum absolute atomic E-state index is 11.4. The molecule has 0 fully saturated rings. The normalized spacial score (nSPS) is 9.50. The van der Waals surface area contributed by atoms with E-state index in [0.29, 0.717) is 0 Å². The van der Waals surface area contributed by atoms with Gasteiger partial charge in [0.05, 0.1) is 14.2 Å². The Morgan fingerprint density at radius 2 is 1.75 bits per heavy atom. The summed E-state index contributed by atoms with van der Waals surface area (Å²) in [4.78, 5) is 22.8. The predicted molar refractivity (Wildman–Crippen MR) is 59.7 cm³/mol. The Balaban J connectivity index is 4.72. The first-order chi connectivity index (χ1) is 7.60. The number of carbonyl (C=O) groups is 2. The molecule has 0 unspecified atom stereocenters. The predicted octanol–water partition coefficient (Wildman–Crippen LogP) is 1.85. The fraction of sp³-hybridized carbons (Fsp3) is 0.583. The highest BCUT2D eigenvalue weighted by Gasteiger charge is 2.29. The van der Waals surface area contributed by atoms with E-state index in [1.54, 1.807) is 0 Å². The van der Waals surface area contributed by atoms with E-state index in [9.17, 15) is 9.59 Å². The third-order valence-electron chi connectivity index (χ3n) is 2.22. The minimum atomic E-state index is -0.911. The average molecular weight is 226 g/mol. The van der Waals surface area contributed by atoms with Crippen molar-refractivity contribution in [3.05, 3.63) is 17.9 Å². The molecule has 4 nitrogen and oxygen atoms in total. The van der Waals surface area contributed by atoms with E-state index in [0.717, 1.165) is 18.4 Å². The van der Waals surface area contributed by atoms with Gasteiger partial charge in [0.25, 0.3) is 0 Å². The Bertz CT molecular complexity index is 284. The van der Waals surface area contributed by atoms with Gasteiger partial charge in [-0.2, -0.15) is 0 Å². The molecule has 0 aromatic carbocycles. The zero-order valence-corrected chi connectivity index (χ0v) is 10.0. The molecule has 16 heavy (non-hydrogen) atoms. The van der Waals surface area contributed by atoms with Crippen molar-refractivity contribution in [1.82, 2.24) is 0 Å². The van der Waals surface area contributed by atoms with Crippen LogP contribution in [0.1, 0.15) is 26.2 Å². The molecule has 0 spiro atoms. The molecule has 0 bridgehead atoms. The Kier molecular flexibility index (Phi) is 6.97. The molecular weight excluding hydrogens is 208 g/mol. The van der Waals surface area contributed by atoms with E-state index in [4.69, 9.17) is 0 Å². The minimum Gasteiger partial charge on any atom is -0.468 e. The third-order valence-corrected chi connectivity index (χ3v) is 2.22. The van der Waals surface area contributed by atoms with Gasteiger partial charge in [-0.3, -0.25) is 9.59 Å². The third kappa shape index (κ3) is 4.32. The summed E-state index contributed by atoms with van der Waals surface area (Å²) in [7, 11) is 2.49. The molecule has 0 radical (unpaired) electrons. The van der Waals surface area contributed by atoms with Gasteiger partial charge < -0.3 is 9.47 Å². The monoisotopic (exact) mass is 226 g/mol. The second-order valence-electron chi connectivity index (χ2n) is 3.33. The van der Waals surface area contributed by atoms with Gasteiger partial charge in [0.15, 0.2) is 5.92 Å². The van der Waals surface area contributed by atoms with Crippen LogP contribution in [0.15, 0.2) is 17.9 Å². The SMILES string of the molecule is C=C=C(CCC)CC(C(=O)OC)C(=O)OC. The lowest BCUT2D eigenvalue weighted by molar-refractivity contribution is -0.158. The van der Waals surface area contributed by atoms with Crippen molar-refractivity contribution in [3.8, 4) is 0 Å². The van der Waals surface area contributed by atoms with Crippen LogP contribution in [0.3, 0.4) is 0 Å². The van der Waals surface area contributed by atoms with Gasteiger partial charge in [-0.05, 0) is 18.4 Å². The fourth-order valence-corrected chi connectivity index (χ4v) is 1.36. The van der Waals surface area contributed by atoms with Crippen LogP contribution in [0.2, 0.25) is 0 Å². The van der Waals surface area contributed by atoms with Crippen molar-refractivity contribution in [2.45, 2.75) is 26.2 Å². The van der Waals surface area contributed by atoms with Crippen molar-refractivity contribution >= 4 is 11.9 Å². The van der Waals surface area contributed by atoms with Crippen molar-refractivity contribution in [2.75, 3.05) is 14.2 Å². The molecule has 0 saturated carbocycles. The largest absolute Gasteiger partial charge is 0.468 e. The quantitative estimate of drug-likeness (QED) is 0.394. The van der Waals surface area contributed by atoms with Crippen LogP contribution in [0, 0.1) is 5.92 Å². The molecule has 0 aliphatic carbocycles. The highest BCUT2D eigenvalue weighted by atomic mass is 16.5. The Hall–Kier alpha value is -1.54. The molecule has 0 saturated heterocycles. The summed E-state index contributed by atoms with van der Waals surface area (Å²) in [6, 6.07) is 0. The lowest BCUT2D eigenvalue weighted by Crippen LogP contribution is -2.26. The van der Waals surface area contributed by atoms with Crippen molar-refractivity contribution < 1.29 is 19.1 Å². The number of esters is 2. The molecule has 4 heteroatoms. The number of methoxy groups -OCH3 is 2. The van der Waals surface area contributed by atoms with Crippen molar-refractivity contribution in [3.63, 3.8) is 0 Å². The number of allylic oxidation sites excluding steroid dienone is 1. The number of hydrogen-bond acceptors (Lipinski definition) is 4. The molecule has 0 amide bonds. The molecule has 0 rings (SSSR count). The Morgan fingerprint density at radius 3 is 2.06 bits per heavy atom. The zero-order chi connectivity index (χ0) is 12.6. The Labute approximate surface area is 95.9 Å². The van der Waals surface area contributed by atoms with E-state index < -0.39 is 17.9 Å². The van der Waals surface area contributed by atoms with Crippen LogP contribution >= 0.6 is 0 Å². The van der Waals surface area contributed by atoms with Crippen LogP contribution in [0.4, 0.5) is 0 Å². The van der Waals surface area contributed by atoms with Crippen LogP contribution < -0.4 is 0 Å². The number of hydrogen-bond donors (Lipinski definition) is 0. The van der Waals surface area contributed by atoms with Crippen molar-refractivity contribution in [2.24, 2.45) is 5.92 Å². The van der Waals surface area contributed by atoms with Gasteiger partial charge in [-0.15, -0.1) is 5.73 Å². The molecule has 0 aliphatic heterocycles. The van der Waals surface area contributed by atoms with E-state index in [2.05, 4.69) is 21.8 Å². The molecule has 90 valence electrons. The number of rotatable bonds is 6. The standard InChI is InChI=1S/C12H18O4/c1-5-7-9(6-2)8-10(11(13)15-3)12(14)16-4/h10H,2,5,7-8H2,1,3-4H3. The summed E-state index contributed by atoms with van der Waals surface area (Å²) in [6.07, 6.45) is 1.93. The van der Waals surface area contributed by atoms with Gasteiger partial charge in [0, 0.05) is 0 Å². The highest BCUT2D eigenvalue weighted by Crippen LogP contribution is 2.18. The van der Waals surface area contributed by atoms with Crippen LogP contribution in [-0.2, 0) is 19.1 Å². The van der Waals surface area contributed by atoms with Gasteiger partial charge in [0.1, 0.15) is 0 Å². The average Bonchev–Trinajstić information content (AvgIpc) is 2.32. The second kappa shape index (κ2) is 7.71. The lowest BCUT2D eigenvalue weighted by atomic mass is 9.97. The summed E-state index contributed by atoms with van der Waals surface area (Å²) in [5.74, 6) is -2.09. The lowest BCUT2D eigenvalue weighted by Gasteiger charge is -2.13. The van der Waals surface area contributed by atoms with Gasteiger partial charge in [-0.1, -0.05) is 19.9 Å². The van der Waals surface area contributed by atoms with Crippen LogP contribution in [0.5, 0.6) is 0 Å². The van der Waals surface area contributed by atoms with Gasteiger partial charge >= 0.3 is 11.9 Å². The molecule has 0 aliphatic rings. The van der Waals surface area contributed by atoms with Crippen LogP contribution in [-0.4, -0.2) is 26.2 Å². The first kappa shape index (κ1) is 14.5. The molecule has 0 aromatic rings. The number of ether oxygens (including phenoxy) is 2. The van der Waals surface area contributed by atoms with E-state index in [1.807, 2.05) is 6.92 Å². The zero-order valence-electron chi connectivity index (χ0n) is 10.0. The second-order valence-corrected chi connectivity index (χ2v) is 3.33. The molecule has 0 N–H and O–H groups in total. The van der Waals surface area contributed by atoms with E-state index in [1.165, 1.54) is 14.2 Å². The maximum atomic E-state index is 11.4. The first-order valence-corrected chi connectivity index (χ1v) is 5.14. The minimum absolute atomic E-state index is 0.261. The smallest absolute Gasteiger partial charge is 0.320 e. The summed E-state index contributed by atoms with van der Waals surface area (Å²) >= 11 is 0. The Morgan fingerprint density at radius 1 is 1.25 bits per heavy atom. The van der Waals surface area contributed by atoms with Gasteiger partial charge in [-0.25, -0.2) is 0 Å². The van der Waals surface area contributed by atoms with Crippen LogP contribution in [0.25, 0.3) is 0 Å². The van der Waals surface area contributed by atoms with E-state index >= 15 is 0 Å². The summed E-state index contributed by atoms with van der Waals surface area (Å²) in [6.45, 7) is 5.54. The van der Waals surface area contributed by atoms with Gasteiger partial charge in [0.2, 0.25) is 0 Å². The first-order valence-electron chi connectivity index (χ1n) is 5.14. The molecular formula is C12H18O4.